The molecule has 4 nitrogen and oxygen atoms in total. The number of aliphatic carboxylic acids is 1. The molecule has 0 aromatic heterocycles. The van der Waals surface area contributed by atoms with Gasteiger partial charge in [0.15, 0.2) is 0 Å². The highest BCUT2D eigenvalue weighted by Gasteiger charge is 2.40. The van der Waals surface area contributed by atoms with Gasteiger partial charge in [-0.05, 0) is 37.0 Å². The first-order valence-corrected chi connectivity index (χ1v) is 6.90. The molecule has 0 radical (unpaired) electrons. The third-order valence-corrected chi connectivity index (χ3v) is 3.67. The van der Waals surface area contributed by atoms with Crippen LogP contribution in [-0.4, -0.2) is 23.0 Å². The third kappa shape index (κ3) is 3.75. The smallest absolute Gasteiger partial charge is 0.417 e. The predicted molar refractivity (Wildman–Crippen MR) is 70.8 cm³/mol. The van der Waals surface area contributed by atoms with Crippen molar-refractivity contribution in [2.45, 2.75) is 25.1 Å². The highest BCUT2D eigenvalue weighted by atomic mass is 79.9. The summed E-state index contributed by atoms with van der Waals surface area (Å²) in [5.41, 5.74) is -1.69. The predicted octanol–water partition coefficient (Wildman–Crippen LogP) is 3.06. The molecule has 1 saturated carbocycles. The summed E-state index contributed by atoms with van der Waals surface area (Å²) in [7, 11) is 0. The lowest BCUT2D eigenvalue weighted by Gasteiger charge is -2.17. The van der Waals surface area contributed by atoms with Gasteiger partial charge in [-0.3, -0.25) is 4.79 Å². The molecule has 114 valence electrons. The fourth-order valence-corrected chi connectivity index (χ4v) is 2.34. The monoisotopic (exact) mass is 365 g/mol. The van der Waals surface area contributed by atoms with Crippen molar-refractivity contribution in [3.63, 3.8) is 0 Å². The van der Waals surface area contributed by atoms with Crippen LogP contribution >= 0.6 is 15.9 Å². The van der Waals surface area contributed by atoms with Gasteiger partial charge in [-0.2, -0.15) is 13.2 Å². The molecule has 1 unspecified atom stereocenters. The van der Waals surface area contributed by atoms with Crippen LogP contribution < -0.4 is 5.32 Å². The fourth-order valence-electron chi connectivity index (χ4n) is 1.98. The molecule has 0 heterocycles. The number of alkyl halides is 3. The Morgan fingerprint density at radius 2 is 1.95 bits per heavy atom. The molecule has 1 fully saturated rings. The van der Waals surface area contributed by atoms with Crippen molar-refractivity contribution in [2.75, 3.05) is 0 Å². The van der Waals surface area contributed by atoms with Gasteiger partial charge in [-0.15, -0.1) is 0 Å². The Labute approximate surface area is 126 Å². The average Bonchev–Trinajstić information content (AvgIpc) is 3.18. The normalized spacial score (nSPS) is 16.4. The molecule has 2 N–H and O–H groups in total. The Balaban J connectivity index is 2.28. The number of carboxylic acid groups (broad SMARTS) is 1. The number of rotatable bonds is 4. The van der Waals surface area contributed by atoms with Crippen LogP contribution in [0.2, 0.25) is 0 Å². The van der Waals surface area contributed by atoms with Crippen LogP contribution in [0, 0.1) is 5.92 Å². The van der Waals surface area contributed by atoms with Gasteiger partial charge in [0.2, 0.25) is 0 Å². The summed E-state index contributed by atoms with van der Waals surface area (Å²) in [6.45, 7) is 0. The number of benzene rings is 1. The molecule has 1 amide bonds. The highest BCUT2D eigenvalue weighted by Crippen LogP contribution is 2.35. The van der Waals surface area contributed by atoms with Gasteiger partial charge >= 0.3 is 12.1 Å². The fraction of sp³-hybridized carbons (Fsp3) is 0.385. The number of carboxylic acids is 1. The number of halogens is 4. The van der Waals surface area contributed by atoms with E-state index in [1.807, 2.05) is 0 Å². The standard InChI is InChI=1S/C13H11BrF3NO3/c14-7-3-4-8(9(5-7)13(15,16)17)11(19)18-10(12(20)21)6-1-2-6/h3-6,10H,1-2H2,(H,18,19)(H,20,21). The molecule has 0 saturated heterocycles. The highest BCUT2D eigenvalue weighted by molar-refractivity contribution is 9.10. The first-order valence-electron chi connectivity index (χ1n) is 6.10. The molecule has 0 spiro atoms. The van der Waals surface area contributed by atoms with E-state index >= 15 is 0 Å². The Kier molecular flexibility index (Phi) is 4.27. The van der Waals surface area contributed by atoms with E-state index in [-0.39, 0.29) is 10.4 Å². The Morgan fingerprint density at radius 1 is 1.33 bits per heavy atom. The molecule has 21 heavy (non-hydrogen) atoms. The quantitative estimate of drug-likeness (QED) is 0.861. The summed E-state index contributed by atoms with van der Waals surface area (Å²) in [5, 5.41) is 11.2. The van der Waals surface area contributed by atoms with Crippen molar-refractivity contribution in [3.05, 3.63) is 33.8 Å². The van der Waals surface area contributed by atoms with Gasteiger partial charge < -0.3 is 10.4 Å². The summed E-state index contributed by atoms with van der Waals surface area (Å²) in [4.78, 5) is 23.0. The van der Waals surface area contributed by atoms with Crippen molar-refractivity contribution < 1.29 is 27.9 Å². The van der Waals surface area contributed by atoms with Gasteiger partial charge in [-0.25, -0.2) is 4.79 Å². The first kappa shape index (κ1) is 15.8. The summed E-state index contributed by atoms with van der Waals surface area (Å²) in [5.74, 6) is -2.48. The van der Waals surface area contributed by atoms with Gasteiger partial charge in [0.25, 0.3) is 5.91 Å². The van der Waals surface area contributed by atoms with Crippen molar-refractivity contribution in [1.29, 1.82) is 0 Å². The second kappa shape index (κ2) is 5.67. The van der Waals surface area contributed by atoms with E-state index < -0.39 is 35.2 Å². The molecule has 2 rings (SSSR count). The van der Waals surface area contributed by atoms with E-state index in [1.54, 1.807) is 0 Å². The minimum absolute atomic E-state index is 0.184. The van der Waals surface area contributed by atoms with Crippen molar-refractivity contribution in [3.8, 4) is 0 Å². The largest absolute Gasteiger partial charge is 0.480 e. The lowest BCUT2D eigenvalue weighted by Crippen LogP contribution is -2.42. The van der Waals surface area contributed by atoms with E-state index in [4.69, 9.17) is 5.11 Å². The van der Waals surface area contributed by atoms with Gasteiger partial charge in [-0.1, -0.05) is 15.9 Å². The summed E-state index contributed by atoms with van der Waals surface area (Å²) < 4.78 is 39.0. The number of carbonyl (C=O) groups excluding carboxylic acids is 1. The second-order valence-corrected chi connectivity index (χ2v) is 5.73. The Hall–Kier alpha value is -1.57. The maximum Gasteiger partial charge on any atom is 0.417 e. The molecular formula is C13H11BrF3NO3. The summed E-state index contributed by atoms with van der Waals surface area (Å²) in [6.07, 6.45) is -3.41. The van der Waals surface area contributed by atoms with Crippen molar-refractivity contribution in [1.82, 2.24) is 5.32 Å². The van der Waals surface area contributed by atoms with Gasteiger partial charge in [0.1, 0.15) is 6.04 Å². The molecule has 1 atom stereocenters. The van der Waals surface area contributed by atoms with Crippen molar-refractivity contribution in [2.24, 2.45) is 5.92 Å². The topological polar surface area (TPSA) is 66.4 Å². The van der Waals surface area contributed by atoms with E-state index in [1.165, 1.54) is 6.07 Å². The Bertz CT molecular complexity index is 585. The zero-order valence-corrected chi connectivity index (χ0v) is 12.2. The minimum Gasteiger partial charge on any atom is -0.480 e. The molecule has 0 aliphatic heterocycles. The van der Waals surface area contributed by atoms with Crippen molar-refractivity contribution >= 4 is 27.8 Å². The van der Waals surface area contributed by atoms with Crippen LogP contribution in [-0.2, 0) is 11.0 Å². The number of carbonyl (C=O) groups is 2. The number of hydrogen-bond acceptors (Lipinski definition) is 2. The van der Waals surface area contributed by atoms with Crippen LogP contribution in [0.25, 0.3) is 0 Å². The molecule has 1 aromatic rings. The number of amides is 1. The minimum atomic E-state index is -4.70. The van der Waals surface area contributed by atoms with Crippen LogP contribution in [0.4, 0.5) is 13.2 Å². The Morgan fingerprint density at radius 3 is 2.43 bits per heavy atom. The molecule has 1 aliphatic rings. The third-order valence-electron chi connectivity index (χ3n) is 3.18. The zero-order chi connectivity index (χ0) is 15.8. The lowest BCUT2D eigenvalue weighted by molar-refractivity contribution is -0.139. The average molecular weight is 366 g/mol. The number of nitrogens with one attached hydrogen (secondary N) is 1. The zero-order valence-electron chi connectivity index (χ0n) is 10.6. The summed E-state index contributed by atoms with van der Waals surface area (Å²) in [6, 6.07) is 1.97. The van der Waals surface area contributed by atoms with Gasteiger partial charge in [0.05, 0.1) is 11.1 Å². The second-order valence-electron chi connectivity index (χ2n) is 4.81. The molecule has 0 bridgehead atoms. The molecule has 1 aromatic carbocycles. The van der Waals surface area contributed by atoms with Gasteiger partial charge in [0, 0.05) is 4.47 Å². The number of hydrogen-bond donors (Lipinski definition) is 2. The van der Waals surface area contributed by atoms with Crippen LogP contribution in [0.3, 0.4) is 0 Å². The lowest BCUT2D eigenvalue weighted by atomic mass is 10.1. The molecule has 1 aliphatic carbocycles. The first-order chi connectivity index (χ1) is 9.70. The molecular weight excluding hydrogens is 355 g/mol. The van der Waals surface area contributed by atoms with Crippen LogP contribution in [0.15, 0.2) is 22.7 Å². The summed E-state index contributed by atoms with van der Waals surface area (Å²) >= 11 is 2.92. The molecule has 8 heteroatoms. The van der Waals surface area contributed by atoms with Crippen LogP contribution in [0.5, 0.6) is 0 Å². The van der Waals surface area contributed by atoms with E-state index in [9.17, 15) is 22.8 Å². The van der Waals surface area contributed by atoms with E-state index in [0.29, 0.717) is 12.8 Å². The maximum absolute atomic E-state index is 12.9. The maximum atomic E-state index is 12.9. The van der Waals surface area contributed by atoms with E-state index in [2.05, 4.69) is 21.2 Å². The van der Waals surface area contributed by atoms with Crippen LogP contribution in [0.1, 0.15) is 28.8 Å². The van der Waals surface area contributed by atoms with E-state index in [0.717, 1.165) is 12.1 Å². The SMILES string of the molecule is O=C(NC(C(=O)O)C1CC1)c1ccc(Br)cc1C(F)(F)F.